The summed E-state index contributed by atoms with van der Waals surface area (Å²) in [7, 11) is 0. The van der Waals surface area contributed by atoms with Crippen LogP contribution < -0.4 is 0 Å². The molecule has 4 heteroatoms. The Kier molecular flexibility index (Phi) is 1.98. The van der Waals surface area contributed by atoms with Gasteiger partial charge in [-0.15, -0.1) is 0 Å². The first-order valence-corrected chi connectivity index (χ1v) is 4.62. The number of hydrogen-bond donors (Lipinski definition) is 0. The van der Waals surface area contributed by atoms with Crippen LogP contribution in [0, 0.1) is 0 Å². The molecule has 1 spiro atoms. The van der Waals surface area contributed by atoms with Crippen molar-refractivity contribution in [3.63, 3.8) is 0 Å². The van der Waals surface area contributed by atoms with Gasteiger partial charge in [0.1, 0.15) is 0 Å². The molecule has 0 aromatic rings. The highest BCUT2D eigenvalue weighted by Crippen LogP contribution is 2.34. The van der Waals surface area contributed by atoms with Crippen molar-refractivity contribution in [3.05, 3.63) is 0 Å². The third kappa shape index (κ3) is 1.41. The van der Waals surface area contributed by atoms with Gasteiger partial charge in [-0.2, -0.15) is 0 Å². The second-order valence-electron chi connectivity index (χ2n) is 3.61. The quantitative estimate of drug-likeness (QED) is 0.522. The Hall–Kier alpha value is -1.06. The summed E-state index contributed by atoms with van der Waals surface area (Å²) in [6.07, 6.45) is 4.21. The first-order valence-electron chi connectivity index (χ1n) is 4.62. The summed E-state index contributed by atoms with van der Waals surface area (Å²) in [4.78, 5) is 22.4. The Balaban J connectivity index is 2.16. The van der Waals surface area contributed by atoms with Gasteiger partial charge >= 0.3 is 11.9 Å². The Morgan fingerprint density at radius 3 is 2.46 bits per heavy atom. The molecule has 2 rings (SSSR count). The molecule has 0 aromatic carbocycles. The number of esters is 2. The first-order chi connectivity index (χ1) is 6.23. The van der Waals surface area contributed by atoms with Crippen LogP contribution in [0.5, 0.6) is 0 Å². The molecule has 2 fully saturated rings. The zero-order valence-electron chi connectivity index (χ0n) is 7.38. The summed E-state index contributed by atoms with van der Waals surface area (Å²) in [5.74, 6) is -0.770. The van der Waals surface area contributed by atoms with Gasteiger partial charge in [-0.25, -0.2) is 9.59 Å². The number of ether oxygens (including phenoxy) is 2. The molecule has 0 atom stereocenters. The second-order valence-corrected chi connectivity index (χ2v) is 3.61. The van der Waals surface area contributed by atoms with E-state index in [1.54, 1.807) is 0 Å². The van der Waals surface area contributed by atoms with Crippen LogP contribution in [-0.2, 0) is 19.1 Å². The molecule has 4 nitrogen and oxygen atoms in total. The fraction of sp³-hybridized carbons (Fsp3) is 0.778. The summed E-state index contributed by atoms with van der Waals surface area (Å²) < 4.78 is 9.88. The lowest BCUT2D eigenvalue weighted by Crippen LogP contribution is -2.51. The summed E-state index contributed by atoms with van der Waals surface area (Å²) in [5.41, 5.74) is -0.923. The minimum atomic E-state index is -0.923. The van der Waals surface area contributed by atoms with Crippen molar-refractivity contribution in [1.82, 2.24) is 0 Å². The number of carbonyl (C=O) groups excluding carboxylic acids is 2. The molecular formula is C9H12O4. The number of hydrogen-bond acceptors (Lipinski definition) is 4. The Bertz CT molecular complexity index is 240. The van der Waals surface area contributed by atoms with Gasteiger partial charge in [0.2, 0.25) is 5.60 Å². The maximum atomic E-state index is 11.4. The van der Waals surface area contributed by atoms with Crippen LogP contribution in [0.25, 0.3) is 0 Å². The molecule has 0 amide bonds. The van der Waals surface area contributed by atoms with Crippen molar-refractivity contribution in [2.75, 3.05) is 6.61 Å². The largest absolute Gasteiger partial charge is 0.451 e. The van der Waals surface area contributed by atoms with Crippen LogP contribution >= 0.6 is 0 Å². The minimum Gasteiger partial charge on any atom is -0.451 e. The topological polar surface area (TPSA) is 52.6 Å². The van der Waals surface area contributed by atoms with E-state index in [1.807, 2.05) is 0 Å². The van der Waals surface area contributed by atoms with Gasteiger partial charge in [0, 0.05) is 0 Å². The highest BCUT2D eigenvalue weighted by Gasteiger charge is 2.47. The third-order valence-corrected chi connectivity index (χ3v) is 2.66. The zero-order valence-corrected chi connectivity index (χ0v) is 7.38. The van der Waals surface area contributed by atoms with Gasteiger partial charge in [-0.05, 0) is 25.7 Å². The fourth-order valence-electron chi connectivity index (χ4n) is 1.97. The standard InChI is InChI=1S/C9H12O4/c10-7-6-12-8(11)9(13-7)4-2-1-3-5-9/h1-6H2. The molecule has 1 aliphatic heterocycles. The van der Waals surface area contributed by atoms with E-state index in [0.29, 0.717) is 12.8 Å². The van der Waals surface area contributed by atoms with Crippen molar-refractivity contribution < 1.29 is 19.1 Å². The lowest BCUT2D eigenvalue weighted by Gasteiger charge is -2.36. The van der Waals surface area contributed by atoms with Crippen LogP contribution in [0.15, 0.2) is 0 Å². The molecular weight excluding hydrogens is 172 g/mol. The van der Waals surface area contributed by atoms with Crippen molar-refractivity contribution in [2.24, 2.45) is 0 Å². The smallest absolute Gasteiger partial charge is 0.351 e. The summed E-state index contributed by atoms with van der Waals surface area (Å²) >= 11 is 0. The Labute approximate surface area is 76.2 Å². The molecule has 13 heavy (non-hydrogen) atoms. The van der Waals surface area contributed by atoms with Crippen LogP contribution in [0.3, 0.4) is 0 Å². The van der Waals surface area contributed by atoms with Crippen molar-refractivity contribution in [1.29, 1.82) is 0 Å². The SMILES string of the molecule is O=C1COC(=O)C2(CCCCC2)O1. The maximum Gasteiger partial charge on any atom is 0.351 e. The molecule has 2 aliphatic rings. The number of carbonyl (C=O) groups is 2. The lowest BCUT2D eigenvalue weighted by atomic mass is 9.84. The molecule has 0 aromatic heterocycles. The average molecular weight is 184 g/mol. The van der Waals surface area contributed by atoms with Gasteiger partial charge in [-0.1, -0.05) is 6.42 Å². The van der Waals surface area contributed by atoms with E-state index in [1.165, 1.54) is 0 Å². The molecule has 1 aliphatic carbocycles. The first kappa shape index (κ1) is 8.53. The van der Waals surface area contributed by atoms with Gasteiger partial charge in [0.15, 0.2) is 6.61 Å². The lowest BCUT2D eigenvalue weighted by molar-refractivity contribution is -0.204. The van der Waals surface area contributed by atoms with Crippen molar-refractivity contribution in [2.45, 2.75) is 37.7 Å². The minimum absolute atomic E-state index is 0.222. The molecule has 0 radical (unpaired) electrons. The van der Waals surface area contributed by atoms with Gasteiger partial charge in [0.25, 0.3) is 0 Å². The summed E-state index contributed by atoms with van der Waals surface area (Å²) in [5, 5.41) is 0. The second kappa shape index (κ2) is 3.01. The summed E-state index contributed by atoms with van der Waals surface area (Å²) in [6, 6.07) is 0. The number of cyclic esters (lactones) is 1. The van der Waals surface area contributed by atoms with E-state index in [9.17, 15) is 9.59 Å². The fourth-order valence-corrected chi connectivity index (χ4v) is 1.97. The Morgan fingerprint density at radius 2 is 1.77 bits per heavy atom. The van der Waals surface area contributed by atoms with Crippen LogP contribution in [0.4, 0.5) is 0 Å². The maximum absolute atomic E-state index is 11.4. The van der Waals surface area contributed by atoms with Crippen LogP contribution in [0.2, 0.25) is 0 Å². The predicted octanol–water partition coefficient (Wildman–Crippen LogP) is 0.789. The molecule has 0 N–H and O–H groups in total. The van der Waals surface area contributed by atoms with Crippen molar-refractivity contribution in [3.8, 4) is 0 Å². The van der Waals surface area contributed by atoms with Gasteiger partial charge < -0.3 is 9.47 Å². The predicted molar refractivity (Wildman–Crippen MR) is 42.9 cm³/mol. The summed E-state index contributed by atoms with van der Waals surface area (Å²) in [6.45, 7) is -0.222. The van der Waals surface area contributed by atoms with Crippen LogP contribution in [0.1, 0.15) is 32.1 Å². The molecule has 0 bridgehead atoms. The number of rotatable bonds is 0. The molecule has 1 saturated heterocycles. The molecule has 1 saturated carbocycles. The van der Waals surface area contributed by atoms with E-state index >= 15 is 0 Å². The van der Waals surface area contributed by atoms with Crippen molar-refractivity contribution >= 4 is 11.9 Å². The highest BCUT2D eigenvalue weighted by atomic mass is 16.6. The normalized spacial score (nSPS) is 26.8. The molecule has 72 valence electrons. The van der Waals surface area contributed by atoms with E-state index < -0.39 is 11.6 Å². The third-order valence-electron chi connectivity index (χ3n) is 2.66. The van der Waals surface area contributed by atoms with Gasteiger partial charge in [0.05, 0.1) is 0 Å². The van der Waals surface area contributed by atoms with Gasteiger partial charge in [-0.3, -0.25) is 0 Å². The zero-order chi connectivity index (χ0) is 9.31. The monoisotopic (exact) mass is 184 g/mol. The Morgan fingerprint density at radius 1 is 1.08 bits per heavy atom. The van der Waals surface area contributed by atoms with E-state index in [4.69, 9.17) is 9.47 Å². The molecule has 1 heterocycles. The molecule has 0 unspecified atom stereocenters. The van der Waals surface area contributed by atoms with E-state index in [-0.39, 0.29) is 12.6 Å². The van der Waals surface area contributed by atoms with Crippen LogP contribution in [-0.4, -0.2) is 24.1 Å². The average Bonchev–Trinajstić information content (AvgIpc) is 2.14. The van der Waals surface area contributed by atoms with E-state index in [0.717, 1.165) is 19.3 Å². The van der Waals surface area contributed by atoms with E-state index in [2.05, 4.69) is 0 Å². The highest BCUT2D eigenvalue weighted by molar-refractivity contribution is 5.88.